The number of anilines is 3. The van der Waals surface area contributed by atoms with Gasteiger partial charge in [-0.2, -0.15) is 0 Å². The van der Waals surface area contributed by atoms with Crippen molar-refractivity contribution in [3.05, 3.63) is 46.5 Å². The molecule has 0 atom stereocenters. The van der Waals surface area contributed by atoms with Crippen LogP contribution in [0, 0.1) is 10.1 Å². The zero-order chi connectivity index (χ0) is 21.3. The minimum absolute atomic E-state index is 0.0706. The highest BCUT2D eigenvalue weighted by Crippen LogP contribution is 2.34. The van der Waals surface area contributed by atoms with Gasteiger partial charge in [-0.25, -0.2) is 8.42 Å². The van der Waals surface area contributed by atoms with Crippen LogP contribution in [-0.2, 0) is 10.0 Å². The molecule has 0 fully saturated rings. The van der Waals surface area contributed by atoms with Gasteiger partial charge in [-0.15, -0.1) is 13.2 Å². The van der Waals surface area contributed by atoms with E-state index in [9.17, 15) is 31.7 Å². The number of nitrogens with two attached hydrogens (primary N) is 1. The lowest BCUT2D eigenvalue weighted by atomic mass is 10.2. The Bertz CT molecular complexity index is 992. The first-order chi connectivity index (χ1) is 12.8. The zero-order valence-electron chi connectivity index (χ0n) is 14.5. The molecule has 0 saturated carbocycles. The minimum atomic E-state index is -4.88. The summed E-state index contributed by atoms with van der Waals surface area (Å²) in [6.07, 6.45) is -4.88. The predicted molar refractivity (Wildman–Crippen MR) is 95.8 cm³/mol. The summed E-state index contributed by atoms with van der Waals surface area (Å²) < 4.78 is 67.8. The fourth-order valence-corrected chi connectivity index (χ4v) is 3.57. The average molecular weight is 420 g/mol. The lowest BCUT2D eigenvalue weighted by molar-refractivity contribution is -0.384. The summed E-state index contributed by atoms with van der Waals surface area (Å²) in [6.45, 7) is 0. The van der Waals surface area contributed by atoms with Crippen LogP contribution in [0.15, 0.2) is 41.3 Å². The molecule has 3 N–H and O–H groups in total. The van der Waals surface area contributed by atoms with Crippen molar-refractivity contribution in [2.45, 2.75) is 11.3 Å². The maximum absolute atomic E-state index is 12.7. The van der Waals surface area contributed by atoms with Crippen molar-refractivity contribution >= 4 is 32.8 Å². The Labute approximate surface area is 157 Å². The van der Waals surface area contributed by atoms with Gasteiger partial charge in [0.1, 0.15) is 16.3 Å². The minimum Gasteiger partial charge on any atom is -0.406 e. The van der Waals surface area contributed by atoms with E-state index in [0.29, 0.717) is 0 Å². The quantitative estimate of drug-likeness (QED) is 0.418. The summed E-state index contributed by atoms with van der Waals surface area (Å²) in [5.41, 5.74) is 4.80. The normalized spacial score (nSPS) is 11.8. The van der Waals surface area contributed by atoms with Crippen LogP contribution in [-0.4, -0.2) is 33.8 Å². The van der Waals surface area contributed by atoms with Crippen LogP contribution in [0.25, 0.3) is 0 Å². The number of nitro benzene ring substituents is 1. The molecule has 2 aromatic carbocycles. The number of nitro groups is 1. The molecular weight excluding hydrogens is 405 g/mol. The molecule has 0 radical (unpaired) electrons. The number of nitrogen functional groups attached to an aromatic ring is 1. The predicted octanol–water partition coefficient (Wildman–Crippen LogP) is 2.94. The highest BCUT2D eigenvalue weighted by atomic mass is 32.2. The molecule has 152 valence electrons. The third-order valence-corrected chi connectivity index (χ3v) is 4.83. The summed E-state index contributed by atoms with van der Waals surface area (Å²) in [6, 6.07) is 5.91. The Kier molecular flexibility index (Phi) is 5.59. The summed E-state index contributed by atoms with van der Waals surface area (Å²) in [5.74, 6) is -0.535. The van der Waals surface area contributed by atoms with Crippen molar-refractivity contribution in [2.24, 2.45) is 0 Å². The number of hydrogen-bond acceptors (Lipinski definition) is 7. The van der Waals surface area contributed by atoms with Gasteiger partial charge in [-0.05, 0) is 30.3 Å². The van der Waals surface area contributed by atoms with Gasteiger partial charge < -0.3 is 15.4 Å². The van der Waals surface area contributed by atoms with Crippen LogP contribution in [0.3, 0.4) is 0 Å². The maximum Gasteiger partial charge on any atom is 0.573 e. The maximum atomic E-state index is 12.7. The second kappa shape index (κ2) is 7.42. The molecular formula is C15H15F3N4O5S. The molecule has 0 aromatic heterocycles. The van der Waals surface area contributed by atoms with Crippen molar-refractivity contribution < 1.29 is 31.2 Å². The number of halogens is 3. The Hall–Kier alpha value is -3.22. The van der Waals surface area contributed by atoms with E-state index in [0.717, 1.165) is 36.4 Å². The van der Waals surface area contributed by atoms with E-state index in [4.69, 9.17) is 5.73 Å². The highest BCUT2D eigenvalue weighted by molar-refractivity contribution is 7.92. The third-order valence-electron chi connectivity index (χ3n) is 3.42. The molecule has 0 saturated heterocycles. The van der Waals surface area contributed by atoms with Gasteiger partial charge in [0.15, 0.2) is 0 Å². The van der Waals surface area contributed by atoms with Crippen molar-refractivity contribution in [1.82, 2.24) is 0 Å². The van der Waals surface area contributed by atoms with Gasteiger partial charge in [-0.1, -0.05) is 0 Å². The number of nitrogens with one attached hydrogen (secondary N) is 1. The molecule has 0 aliphatic rings. The molecule has 0 spiro atoms. The van der Waals surface area contributed by atoms with Crippen LogP contribution < -0.4 is 20.1 Å². The monoisotopic (exact) mass is 420 g/mol. The molecule has 0 unspecified atom stereocenters. The average Bonchev–Trinajstić information content (AvgIpc) is 2.54. The molecule has 9 nitrogen and oxygen atoms in total. The van der Waals surface area contributed by atoms with Crippen molar-refractivity contribution in [2.75, 3.05) is 29.5 Å². The van der Waals surface area contributed by atoms with E-state index >= 15 is 0 Å². The number of alkyl halides is 3. The number of sulfonamides is 1. The summed E-state index contributed by atoms with van der Waals surface area (Å²) >= 11 is 0. The third kappa shape index (κ3) is 4.94. The SMILES string of the molecule is CN(C)c1cc(N)c([N+](=O)[O-])cc1S(=O)(=O)Nc1ccc(OC(F)(F)F)cc1. The molecule has 0 bridgehead atoms. The van der Waals surface area contributed by atoms with Crippen molar-refractivity contribution in [3.63, 3.8) is 0 Å². The number of hydrogen-bond donors (Lipinski definition) is 2. The molecule has 2 aromatic rings. The topological polar surface area (TPSA) is 128 Å². The lowest BCUT2D eigenvalue weighted by Gasteiger charge is -2.19. The van der Waals surface area contributed by atoms with E-state index in [1.54, 1.807) is 0 Å². The van der Waals surface area contributed by atoms with E-state index in [-0.39, 0.29) is 17.1 Å². The number of benzene rings is 2. The zero-order valence-corrected chi connectivity index (χ0v) is 15.3. The van der Waals surface area contributed by atoms with Gasteiger partial charge >= 0.3 is 6.36 Å². The first-order valence-corrected chi connectivity index (χ1v) is 8.92. The first-order valence-electron chi connectivity index (χ1n) is 7.44. The molecule has 0 aliphatic carbocycles. The van der Waals surface area contributed by atoms with Gasteiger partial charge in [-0.3, -0.25) is 14.8 Å². The number of ether oxygens (including phenoxy) is 1. The standard InChI is InChI=1S/C15H15F3N4O5S/c1-21(2)13-7-11(19)12(22(23)24)8-14(13)28(25,26)20-9-3-5-10(6-4-9)27-15(16,17)18/h3-8,20H,19H2,1-2H3. The number of rotatable bonds is 6. The smallest absolute Gasteiger partial charge is 0.406 e. The van der Waals surface area contributed by atoms with Crippen LogP contribution in [0.5, 0.6) is 5.75 Å². The Morgan fingerprint density at radius 3 is 2.21 bits per heavy atom. The second-order valence-corrected chi connectivity index (χ2v) is 7.36. The van der Waals surface area contributed by atoms with Crippen molar-refractivity contribution in [3.8, 4) is 5.75 Å². The Balaban J connectivity index is 2.41. The van der Waals surface area contributed by atoms with Gasteiger partial charge in [0.25, 0.3) is 15.7 Å². The van der Waals surface area contributed by atoms with Gasteiger partial charge in [0, 0.05) is 25.8 Å². The van der Waals surface area contributed by atoms with E-state index < -0.39 is 37.6 Å². The summed E-state index contributed by atoms with van der Waals surface area (Å²) in [5, 5.41) is 11.1. The van der Waals surface area contributed by atoms with E-state index in [1.807, 2.05) is 0 Å². The Morgan fingerprint density at radius 2 is 1.75 bits per heavy atom. The van der Waals surface area contributed by atoms with Crippen LogP contribution in [0.4, 0.5) is 35.9 Å². The molecule has 13 heteroatoms. The first kappa shape index (κ1) is 21.1. The molecule has 0 aliphatic heterocycles. The van der Waals surface area contributed by atoms with E-state index in [2.05, 4.69) is 9.46 Å². The van der Waals surface area contributed by atoms with Gasteiger partial charge in [0.05, 0.1) is 10.6 Å². The fourth-order valence-electron chi connectivity index (χ4n) is 2.23. The molecule has 28 heavy (non-hydrogen) atoms. The lowest BCUT2D eigenvalue weighted by Crippen LogP contribution is -2.20. The summed E-state index contributed by atoms with van der Waals surface area (Å²) in [4.78, 5) is 11.2. The highest BCUT2D eigenvalue weighted by Gasteiger charge is 2.31. The van der Waals surface area contributed by atoms with Crippen molar-refractivity contribution in [1.29, 1.82) is 0 Å². The molecule has 0 heterocycles. The Morgan fingerprint density at radius 1 is 1.18 bits per heavy atom. The van der Waals surface area contributed by atoms with Gasteiger partial charge in [0.2, 0.25) is 0 Å². The van der Waals surface area contributed by atoms with Crippen LogP contribution >= 0.6 is 0 Å². The fraction of sp³-hybridized carbons (Fsp3) is 0.200. The van der Waals surface area contributed by atoms with E-state index in [1.165, 1.54) is 19.0 Å². The summed E-state index contributed by atoms with van der Waals surface area (Å²) in [7, 11) is -1.29. The largest absolute Gasteiger partial charge is 0.573 e. The van der Waals surface area contributed by atoms with Crippen LogP contribution in [0.1, 0.15) is 0 Å². The molecule has 0 amide bonds. The van der Waals surface area contributed by atoms with Crippen LogP contribution in [0.2, 0.25) is 0 Å². The number of nitrogens with zero attached hydrogens (tertiary/aromatic N) is 2. The second-order valence-electron chi connectivity index (χ2n) is 5.71. The molecule has 2 rings (SSSR count).